The number of para-hydroxylation sites is 1. The van der Waals surface area contributed by atoms with Crippen LogP contribution < -0.4 is 4.80 Å². The number of aromatic nitrogens is 1. The fourth-order valence-electron chi connectivity index (χ4n) is 2.83. The Morgan fingerprint density at radius 3 is 2.76 bits per heavy atom. The minimum absolute atomic E-state index is 0.124. The lowest BCUT2D eigenvalue weighted by Gasteiger charge is -2.14. The third kappa shape index (κ3) is 4.41. The molecule has 1 saturated heterocycles. The third-order valence-electron chi connectivity index (χ3n) is 4.03. The molecule has 2 heterocycles. The van der Waals surface area contributed by atoms with Gasteiger partial charge in [0.05, 0.1) is 21.7 Å². The number of carbonyl (C=O) groups excluding carboxylic acids is 2. The molecule has 0 N–H and O–H groups in total. The van der Waals surface area contributed by atoms with Gasteiger partial charge in [-0.3, -0.25) is 9.59 Å². The number of nitrogens with zero attached hydrogens (tertiary/aromatic N) is 3. The van der Waals surface area contributed by atoms with Crippen molar-refractivity contribution in [2.45, 2.75) is 19.4 Å². The maximum absolute atomic E-state index is 12.2. The third-order valence-corrected chi connectivity index (χ3v) is 5.99. The highest BCUT2D eigenvalue weighted by molar-refractivity contribution is 8.00. The Bertz CT molecular complexity index is 847. The van der Waals surface area contributed by atoms with Crippen molar-refractivity contribution in [3.8, 4) is 0 Å². The van der Waals surface area contributed by atoms with Gasteiger partial charge < -0.3 is 9.47 Å². The predicted molar refractivity (Wildman–Crippen MR) is 104 cm³/mol. The lowest BCUT2D eigenvalue weighted by atomic mass is 10.3. The van der Waals surface area contributed by atoms with Gasteiger partial charge in [0.15, 0.2) is 4.80 Å². The van der Waals surface area contributed by atoms with Crippen LogP contribution in [0.3, 0.4) is 0 Å². The van der Waals surface area contributed by atoms with Crippen LogP contribution in [0.5, 0.6) is 0 Å². The van der Waals surface area contributed by atoms with Gasteiger partial charge >= 0.3 is 0 Å². The summed E-state index contributed by atoms with van der Waals surface area (Å²) in [6, 6.07) is 7.98. The number of benzene rings is 1. The Labute approximate surface area is 155 Å². The summed E-state index contributed by atoms with van der Waals surface area (Å²) in [6.45, 7) is 6.08. The molecule has 3 rings (SSSR count). The molecule has 5 nitrogen and oxygen atoms in total. The average Bonchev–Trinajstić information content (AvgIpc) is 3.24. The molecular formula is C18H21N3O2S2. The first kappa shape index (κ1) is 17.9. The highest BCUT2D eigenvalue weighted by atomic mass is 32.2. The molecule has 0 bridgehead atoms. The van der Waals surface area contributed by atoms with E-state index in [0.717, 1.165) is 36.1 Å². The second kappa shape index (κ2) is 8.49. The molecule has 132 valence electrons. The van der Waals surface area contributed by atoms with Crippen LogP contribution in [0.4, 0.5) is 0 Å². The van der Waals surface area contributed by atoms with Crippen LogP contribution in [0.15, 0.2) is 41.9 Å². The van der Waals surface area contributed by atoms with Crippen molar-refractivity contribution in [3.63, 3.8) is 0 Å². The Hall–Kier alpha value is -1.86. The fourth-order valence-corrected chi connectivity index (χ4v) is 4.59. The Morgan fingerprint density at radius 2 is 2.00 bits per heavy atom. The molecule has 1 aromatic carbocycles. The number of amides is 2. The van der Waals surface area contributed by atoms with E-state index in [1.165, 1.54) is 23.1 Å². The van der Waals surface area contributed by atoms with E-state index in [9.17, 15) is 9.59 Å². The summed E-state index contributed by atoms with van der Waals surface area (Å²) >= 11 is 2.84. The van der Waals surface area contributed by atoms with Gasteiger partial charge in [-0.1, -0.05) is 29.5 Å². The number of fused-ring (bicyclic) bond motifs is 1. The smallest absolute Gasteiger partial charge is 0.258 e. The fraction of sp³-hybridized carbons (Fsp3) is 0.389. The topological polar surface area (TPSA) is 54.7 Å². The predicted octanol–water partition coefficient (Wildman–Crippen LogP) is 2.67. The Morgan fingerprint density at radius 1 is 1.24 bits per heavy atom. The van der Waals surface area contributed by atoms with E-state index in [1.807, 2.05) is 33.7 Å². The molecule has 0 atom stereocenters. The lowest BCUT2D eigenvalue weighted by Crippen LogP contribution is -2.29. The Kier molecular flexibility index (Phi) is 6.09. The molecule has 0 spiro atoms. The monoisotopic (exact) mass is 375 g/mol. The molecule has 0 aliphatic carbocycles. The largest absolute Gasteiger partial charge is 0.342 e. The van der Waals surface area contributed by atoms with E-state index in [1.54, 1.807) is 6.08 Å². The molecule has 1 aromatic heterocycles. The zero-order valence-electron chi connectivity index (χ0n) is 14.0. The number of thiazole rings is 1. The van der Waals surface area contributed by atoms with Crippen LogP contribution in [0, 0.1) is 0 Å². The lowest BCUT2D eigenvalue weighted by molar-refractivity contribution is -0.127. The van der Waals surface area contributed by atoms with Gasteiger partial charge in [-0.2, -0.15) is 4.99 Å². The molecule has 0 radical (unpaired) electrons. The van der Waals surface area contributed by atoms with E-state index in [0.29, 0.717) is 17.1 Å². The number of thioether (sulfide) groups is 1. The summed E-state index contributed by atoms with van der Waals surface area (Å²) in [5.41, 5.74) is 1.05. The SMILES string of the molecule is C=CCn1c(=NC(=O)CSCC(=O)N2CCCC2)sc2ccccc21. The number of allylic oxidation sites excluding steroid dienone is 1. The molecule has 1 fully saturated rings. The van der Waals surface area contributed by atoms with Crippen molar-refractivity contribution >= 4 is 45.1 Å². The molecular weight excluding hydrogens is 354 g/mol. The highest BCUT2D eigenvalue weighted by Gasteiger charge is 2.17. The van der Waals surface area contributed by atoms with Crippen LogP contribution >= 0.6 is 23.1 Å². The van der Waals surface area contributed by atoms with Crippen LogP contribution in [0.2, 0.25) is 0 Å². The standard InChI is InChI=1S/C18H21N3O2S2/c1-2-9-21-14-7-3-4-8-15(14)25-18(21)19-16(22)12-24-13-17(23)20-10-5-6-11-20/h2-4,7-8H,1,5-6,9-13H2. The van der Waals surface area contributed by atoms with Crippen molar-refractivity contribution in [1.29, 1.82) is 0 Å². The van der Waals surface area contributed by atoms with Crippen LogP contribution in [-0.4, -0.2) is 45.9 Å². The second-order valence-corrected chi connectivity index (χ2v) is 7.83. The van der Waals surface area contributed by atoms with Gasteiger partial charge in [0.25, 0.3) is 5.91 Å². The van der Waals surface area contributed by atoms with Gasteiger partial charge in [0, 0.05) is 19.6 Å². The molecule has 1 aliphatic rings. The molecule has 1 aliphatic heterocycles. The number of hydrogen-bond acceptors (Lipinski definition) is 4. The second-order valence-electron chi connectivity index (χ2n) is 5.84. The number of hydrogen-bond donors (Lipinski definition) is 0. The average molecular weight is 376 g/mol. The van der Waals surface area contributed by atoms with Crippen LogP contribution in [0.25, 0.3) is 10.2 Å². The van der Waals surface area contributed by atoms with Gasteiger partial charge in [-0.25, -0.2) is 0 Å². The van der Waals surface area contributed by atoms with Gasteiger partial charge in [0.1, 0.15) is 0 Å². The van der Waals surface area contributed by atoms with Crippen molar-refractivity contribution in [2.24, 2.45) is 4.99 Å². The summed E-state index contributed by atoms with van der Waals surface area (Å²) < 4.78 is 3.08. The molecule has 2 amide bonds. The van der Waals surface area contributed by atoms with Crippen molar-refractivity contribution < 1.29 is 9.59 Å². The van der Waals surface area contributed by atoms with Gasteiger partial charge in [-0.15, -0.1) is 18.3 Å². The summed E-state index contributed by atoms with van der Waals surface area (Å²) in [5, 5.41) is 0. The first-order chi connectivity index (χ1) is 12.2. The zero-order chi connectivity index (χ0) is 17.6. The summed E-state index contributed by atoms with van der Waals surface area (Å²) in [7, 11) is 0. The first-order valence-electron chi connectivity index (χ1n) is 8.31. The van der Waals surface area contributed by atoms with Crippen LogP contribution in [-0.2, 0) is 16.1 Å². The van der Waals surface area contributed by atoms with E-state index in [4.69, 9.17) is 0 Å². The quantitative estimate of drug-likeness (QED) is 0.730. The molecule has 0 saturated carbocycles. The van der Waals surface area contributed by atoms with Crippen molar-refractivity contribution in [2.75, 3.05) is 24.6 Å². The van der Waals surface area contributed by atoms with Gasteiger partial charge in [-0.05, 0) is 25.0 Å². The highest BCUT2D eigenvalue weighted by Crippen LogP contribution is 2.17. The van der Waals surface area contributed by atoms with E-state index >= 15 is 0 Å². The minimum Gasteiger partial charge on any atom is -0.342 e. The first-order valence-corrected chi connectivity index (χ1v) is 10.3. The van der Waals surface area contributed by atoms with Crippen molar-refractivity contribution in [3.05, 3.63) is 41.7 Å². The zero-order valence-corrected chi connectivity index (χ0v) is 15.7. The molecule has 7 heteroatoms. The number of likely N-dealkylation sites (tertiary alicyclic amines) is 1. The summed E-state index contributed by atoms with van der Waals surface area (Å²) in [6.07, 6.45) is 3.96. The normalized spacial score (nSPS) is 15.0. The summed E-state index contributed by atoms with van der Waals surface area (Å²) in [4.78, 5) is 31.0. The molecule has 0 unspecified atom stereocenters. The van der Waals surface area contributed by atoms with Gasteiger partial charge in [0.2, 0.25) is 5.91 Å². The maximum atomic E-state index is 12.2. The minimum atomic E-state index is -0.205. The van der Waals surface area contributed by atoms with E-state index in [2.05, 4.69) is 11.6 Å². The van der Waals surface area contributed by atoms with E-state index in [-0.39, 0.29) is 17.6 Å². The van der Waals surface area contributed by atoms with E-state index < -0.39 is 0 Å². The number of carbonyl (C=O) groups is 2. The summed E-state index contributed by atoms with van der Waals surface area (Å²) in [5.74, 6) is 0.491. The molecule has 25 heavy (non-hydrogen) atoms. The maximum Gasteiger partial charge on any atom is 0.258 e. The number of rotatable bonds is 6. The van der Waals surface area contributed by atoms with Crippen LogP contribution in [0.1, 0.15) is 12.8 Å². The molecule has 2 aromatic rings. The Balaban J connectivity index is 1.66. The van der Waals surface area contributed by atoms with Crippen molar-refractivity contribution in [1.82, 2.24) is 9.47 Å².